The van der Waals surface area contributed by atoms with E-state index in [2.05, 4.69) is 0 Å². The Hall–Kier alpha value is -0.200. The third-order valence-electron chi connectivity index (χ3n) is 1.45. The Bertz CT molecular complexity index is 101. The minimum Gasteiger partial charge on any atom is -0.396 e. The molecule has 11 heavy (non-hydrogen) atoms. The summed E-state index contributed by atoms with van der Waals surface area (Å²) in [5, 5.41) is 35.3. The van der Waals surface area contributed by atoms with Crippen LogP contribution in [-0.2, 0) is 0 Å². The van der Waals surface area contributed by atoms with Gasteiger partial charge in [-0.3, -0.25) is 0 Å². The fraction of sp³-hybridized carbons (Fsp3) is 1.00. The number of hydrogen-bond acceptors (Lipinski definition) is 5. The van der Waals surface area contributed by atoms with E-state index in [0.29, 0.717) is 0 Å². The van der Waals surface area contributed by atoms with Crippen molar-refractivity contribution in [2.24, 2.45) is 5.73 Å². The molecule has 0 aromatic heterocycles. The lowest BCUT2D eigenvalue weighted by Gasteiger charge is -2.20. The highest BCUT2D eigenvalue weighted by atomic mass is 16.4. The van der Waals surface area contributed by atoms with E-state index in [1.54, 1.807) is 0 Å². The first-order chi connectivity index (χ1) is 5.13. The van der Waals surface area contributed by atoms with E-state index in [1.807, 2.05) is 0 Å². The summed E-state index contributed by atoms with van der Waals surface area (Å²) in [4.78, 5) is 0. The number of rotatable bonds is 5. The zero-order valence-corrected chi connectivity index (χ0v) is 6.22. The molecule has 0 rings (SSSR count). The largest absolute Gasteiger partial charge is 0.396 e. The van der Waals surface area contributed by atoms with E-state index in [-0.39, 0.29) is 19.6 Å². The normalized spacial score (nSPS) is 19.4. The third-order valence-corrected chi connectivity index (χ3v) is 1.45. The first-order valence-electron chi connectivity index (χ1n) is 3.48. The van der Waals surface area contributed by atoms with Gasteiger partial charge in [-0.15, -0.1) is 0 Å². The standard InChI is InChI=1S/C6H15NO4/c7-3-5(10)6(11)4(9)1-2-8/h4-6,8-11H,1-3,7H2/t4-,5+,6+/m0/s1. The summed E-state index contributed by atoms with van der Waals surface area (Å²) in [6, 6.07) is 0. The summed E-state index contributed by atoms with van der Waals surface area (Å²) in [5.74, 6) is 0. The zero-order chi connectivity index (χ0) is 8.85. The molecule has 0 aliphatic carbocycles. The van der Waals surface area contributed by atoms with Crippen LogP contribution in [-0.4, -0.2) is 51.9 Å². The number of hydrogen-bond donors (Lipinski definition) is 5. The Morgan fingerprint density at radius 1 is 1.09 bits per heavy atom. The van der Waals surface area contributed by atoms with Crippen molar-refractivity contribution in [1.29, 1.82) is 0 Å². The fourth-order valence-electron chi connectivity index (χ4n) is 0.699. The quantitative estimate of drug-likeness (QED) is 0.307. The molecule has 0 unspecified atom stereocenters. The molecule has 0 saturated carbocycles. The number of nitrogens with two attached hydrogens (primary N) is 1. The van der Waals surface area contributed by atoms with Crippen LogP contribution in [0.3, 0.4) is 0 Å². The van der Waals surface area contributed by atoms with E-state index in [9.17, 15) is 0 Å². The maximum absolute atomic E-state index is 9.03. The van der Waals surface area contributed by atoms with Crippen molar-refractivity contribution in [2.45, 2.75) is 24.7 Å². The molecule has 6 N–H and O–H groups in total. The van der Waals surface area contributed by atoms with Crippen molar-refractivity contribution in [2.75, 3.05) is 13.2 Å². The molecule has 0 aliphatic rings. The monoisotopic (exact) mass is 165 g/mol. The first-order valence-corrected chi connectivity index (χ1v) is 3.48. The minimum absolute atomic E-state index is 0.0399. The average Bonchev–Trinajstić information content (AvgIpc) is 2.02. The van der Waals surface area contributed by atoms with Crippen LogP contribution in [0.15, 0.2) is 0 Å². The molecule has 0 saturated heterocycles. The molecule has 5 heteroatoms. The Morgan fingerprint density at radius 3 is 2.00 bits per heavy atom. The van der Waals surface area contributed by atoms with E-state index in [0.717, 1.165) is 0 Å². The van der Waals surface area contributed by atoms with Gasteiger partial charge in [-0.05, 0) is 6.42 Å². The molecule has 0 bridgehead atoms. The van der Waals surface area contributed by atoms with Crippen LogP contribution >= 0.6 is 0 Å². The highest BCUT2D eigenvalue weighted by Gasteiger charge is 2.22. The van der Waals surface area contributed by atoms with Crippen molar-refractivity contribution in [3.8, 4) is 0 Å². The number of aliphatic hydroxyl groups excluding tert-OH is 4. The van der Waals surface area contributed by atoms with Gasteiger partial charge < -0.3 is 26.2 Å². The molecule has 0 aromatic carbocycles. The molecule has 0 spiro atoms. The lowest BCUT2D eigenvalue weighted by molar-refractivity contribution is -0.0617. The van der Waals surface area contributed by atoms with Crippen molar-refractivity contribution in [3.63, 3.8) is 0 Å². The predicted octanol–water partition coefficient (Wildman–Crippen LogP) is -2.59. The van der Waals surface area contributed by atoms with Crippen LogP contribution in [0.25, 0.3) is 0 Å². The molecule has 0 amide bonds. The lowest BCUT2D eigenvalue weighted by atomic mass is 10.1. The van der Waals surface area contributed by atoms with Crippen LogP contribution in [0.4, 0.5) is 0 Å². The van der Waals surface area contributed by atoms with Gasteiger partial charge in [0.15, 0.2) is 0 Å². The zero-order valence-electron chi connectivity index (χ0n) is 6.22. The second kappa shape index (κ2) is 5.45. The summed E-state index contributed by atoms with van der Waals surface area (Å²) in [5.41, 5.74) is 5.02. The molecule has 0 radical (unpaired) electrons. The van der Waals surface area contributed by atoms with Crippen molar-refractivity contribution < 1.29 is 20.4 Å². The molecule has 0 heterocycles. The minimum atomic E-state index is -1.27. The second-order valence-corrected chi connectivity index (χ2v) is 2.37. The van der Waals surface area contributed by atoms with Gasteiger partial charge in [-0.2, -0.15) is 0 Å². The van der Waals surface area contributed by atoms with E-state index in [1.165, 1.54) is 0 Å². The predicted molar refractivity (Wildman–Crippen MR) is 38.8 cm³/mol. The molecule has 68 valence electrons. The summed E-state index contributed by atoms with van der Waals surface area (Å²) >= 11 is 0. The smallest absolute Gasteiger partial charge is 0.107 e. The average molecular weight is 165 g/mol. The summed E-state index contributed by atoms with van der Waals surface area (Å²) in [7, 11) is 0. The highest BCUT2D eigenvalue weighted by molar-refractivity contribution is 4.75. The summed E-state index contributed by atoms with van der Waals surface area (Å²) < 4.78 is 0. The van der Waals surface area contributed by atoms with E-state index in [4.69, 9.17) is 26.2 Å². The Kier molecular flexibility index (Phi) is 5.35. The van der Waals surface area contributed by atoms with E-state index < -0.39 is 18.3 Å². The van der Waals surface area contributed by atoms with Crippen molar-refractivity contribution in [3.05, 3.63) is 0 Å². The lowest BCUT2D eigenvalue weighted by Crippen LogP contribution is -2.41. The van der Waals surface area contributed by atoms with Gasteiger partial charge in [0.05, 0.1) is 12.2 Å². The van der Waals surface area contributed by atoms with Crippen LogP contribution in [0.5, 0.6) is 0 Å². The summed E-state index contributed by atoms with van der Waals surface area (Å²) in [6.07, 6.45) is -3.47. The summed E-state index contributed by atoms with van der Waals surface area (Å²) in [6.45, 7) is -0.334. The van der Waals surface area contributed by atoms with Crippen LogP contribution in [0.1, 0.15) is 6.42 Å². The van der Waals surface area contributed by atoms with E-state index >= 15 is 0 Å². The molecule has 5 nitrogen and oxygen atoms in total. The fourth-order valence-corrected chi connectivity index (χ4v) is 0.699. The van der Waals surface area contributed by atoms with Crippen LogP contribution < -0.4 is 5.73 Å². The molecular formula is C6H15NO4. The maximum Gasteiger partial charge on any atom is 0.107 e. The Balaban J connectivity index is 3.70. The molecule has 0 aliphatic heterocycles. The third kappa shape index (κ3) is 3.64. The van der Waals surface area contributed by atoms with Gasteiger partial charge in [-0.25, -0.2) is 0 Å². The number of aliphatic hydroxyl groups is 4. The Labute approximate surface area is 65.1 Å². The molecule has 3 atom stereocenters. The first kappa shape index (κ1) is 10.8. The van der Waals surface area contributed by atoms with Gasteiger partial charge in [0, 0.05) is 13.2 Å². The highest BCUT2D eigenvalue weighted by Crippen LogP contribution is 2.02. The maximum atomic E-state index is 9.03. The second-order valence-electron chi connectivity index (χ2n) is 2.37. The van der Waals surface area contributed by atoms with Gasteiger partial charge in [0.2, 0.25) is 0 Å². The van der Waals surface area contributed by atoms with Gasteiger partial charge in [-0.1, -0.05) is 0 Å². The van der Waals surface area contributed by atoms with Gasteiger partial charge in [0.1, 0.15) is 6.10 Å². The Morgan fingerprint density at radius 2 is 1.64 bits per heavy atom. The van der Waals surface area contributed by atoms with Crippen molar-refractivity contribution >= 4 is 0 Å². The van der Waals surface area contributed by atoms with Crippen LogP contribution in [0, 0.1) is 0 Å². The van der Waals surface area contributed by atoms with Crippen LogP contribution in [0.2, 0.25) is 0 Å². The molecular weight excluding hydrogens is 150 g/mol. The SMILES string of the molecule is NC[C@@H](O)[C@H](O)[C@@H](O)CCO. The topological polar surface area (TPSA) is 107 Å². The van der Waals surface area contributed by atoms with Gasteiger partial charge >= 0.3 is 0 Å². The van der Waals surface area contributed by atoms with Gasteiger partial charge in [0.25, 0.3) is 0 Å². The van der Waals surface area contributed by atoms with Crippen molar-refractivity contribution in [1.82, 2.24) is 0 Å². The molecule has 0 fully saturated rings. The molecule has 0 aromatic rings.